The zero-order valence-corrected chi connectivity index (χ0v) is 14.7. The van der Waals surface area contributed by atoms with Gasteiger partial charge >= 0.3 is 0 Å². The Morgan fingerprint density at radius 2 is 2.05 bits per heavy atom. The molecule has 1 N–H and O–H groups in total. The SMILES string of the molecule is CNC(c1cc(Br)sc1Br)C1COc2ccccc2O1. The van der Waals surface area contributed by atoms with Gasteiger partial charge in [-0.1, -0.05) is 12.1 Å². The molecule has 1 aliphatic rings. The van der Waals surface area contributed by atoms with E-state index in [1.54, 1.807) is 11.3 Å². The lowest BCUT2D eigenvalue weighted by Crippen LogP contribution is -2.40. The number of para-hydroxylation sites is 2. The molecule has 0 bridgehead atoms. The van der Waals surface area contributed by atoms with Crippen molar-refractivity contribution in [3.63, 3.8) is 0 Å². The van der Waals surface area contributed by atoms with Crippen LogP contribution in [0.4, 0.5) is 0 Å². The molecule has 106 valence electrons. The lowest BCUT2D eigenvalue weighted by Gasteiger charge is -2.32. The van der Waals surface area contributed by atoms with Crippen molar-refractivity contribution in [2.75, 3.05) is 13.7 Å². The van der Waals surface area contributed by atoms with Gasteiger partial charge in [0.2, 0.25) is 0 Å². The predicted octanol–water partition coefficient (Wildman–Crippen LogP) is 4.37. The van der Waals surface area contributed by atoms with Crippen molar-refractivity contribution >= 4 is 43.2 Å². The van der Waals surface area contributed by atoms with E-state index in [9.17, 15) is 0 Å². The molecule has 2 atom stereocenters. The highest BCUT2D eigenvalue weighted by Crippen LogP contribution is 2.39. The Hall–Kier alpha value is -0.560. The Morgan fingerprint density at radius 3 is 2.70 bits per heavy atom. The van der Waals surface area contributed by atoms with E-state index in [1.807, 2.05) is 31.3 Å². The van der Waals surface area contributed by atoms with Crippen LogP contribution >= 0.6 is 43.2 Å². The molecule has 6 heteroatoms. The summed E-state index contributed by atoms with van der Waals surface area (Å²) in [4.78, 5) is 0. The Balaban J connectivity index is 1.87. The molecule has 0 fully saturated rings. The van der Waals surface area contributed by atoms with Gasteiger partial charge in [0.05, 0.1) is 13.6 Å². The van der Waals surface area contributed by atoms with Gasteiger partial charge in [-0.05, 0) is 62.7 Å². The number of ether oxygens (including phenoxy) is 2. The summed E-state index contributed by atoms with van der Waals surface area (Å²) >= 11 is 8.79. The molecule has 2 heterocycles. The average molecular weight is 419 g/mol. The fourth-order valence-corrected chi connectivity index (χ4v) is 5.24. The Labute approximate surface area is 138 Å². The summed E-state index contributed by atoms with van der Waals surface area (Å²) in [6, 6.07) is 9.95. The molecule has 2 aromatic rings. The molecular formula is C14H13Br2NO2S. The first-order valence-corrected chi connectivity index (χ1v) is 8.59. The second kappa shape index (κ2) is 6.05. The van der Waals surface area contributed by atoms with Crippen LogP contribution < -0.4 is 14.8 Å². The third-order valence-electron chi connectivity index (χ3n) is 3.23. The Morgan fingerprint density at radius 1 is 1.30 bits per heavy atom. The van der Waals surface area contributed by atoms with Gasteiger partial charge in [-0.3, -0.25) is 0 Å². The van der Waals surface area contributed by atoms with Crippen molar-refractivity contribution in [1.29, 1.82) is 0 Å². The van der Waals surface area contributed by atoms with Crippen LogP contribution in [0.5, 0.6) is 11.5 Å². The topological polar surface area (TPSA) is 30.5 Å². The minimum atomic E-state index is -0.0623. The molecule has 0 spiro atoms. The second-order valence-electron chi connectivity index (χ2n) is 4.46. The van der Waals surface area contributed by atoms with E-state index in [4.69, 9.17) is 9.47 Å². The predicted molar refractivity (Wildman–Crippen MR) is 87.9 cm³/mol. The van der Waals surface area contributed by atoms with E-state index < -0.39 is 0 Å². The van der Waals surface area contributed by atoms with E-state index in [0.717, 1.165) is 19.1 Å². The van der Waals surface area contributed by atoms with Crippen LogP contribution in [-0.4, -0.2) is 19.8 Å². The molecule has 0 saturated carbocycles. The lowest BCUT2D eigenvalue weighted by atomic mass is 10.0. The number of nitrogens with one attached hydrogen (secondary N) is 1. The summed E-state index contributed by atoms with van der Waals surface area (Å²) in [6.07, 6.45) is -0.0623. The molecule has 20 heavy (non-hydrogen) atoms. The van der Waals surface area contributed by atoms with Gasteiger partial charge in [-0.2, -0.15) is 0 Å². The highest BCUT2D eigenvalue weighted by molar-refractivity contribution is 9.12. The number of halogens is 2. The summed E-state index contributed by atoms with van der Waals surface area (Å²) < 4.78 is 14.1. The second-order valence-corrected chi connectivity index (χ2v) is 8.21. The summed E-state index contributed by atoms with van der Waals surface area (Å²) in [7, 11) is 1.94. The van der Waals surface area contributed by atoms with Crippen LogP contribution in [0.15, 0.2) is 37.9 Å². The van der Waals surface area contributed by atoms with Gasteiger partial charge in [0.1, 0.15) is 6.61 Å². The number of benzene rings is 1. The van der Waals surface area contributed by atoms with Crippen molar-refractivity contribution in [2.24, 2.45) is 0 Å². The molecule has 3 rings (SSSR count). The summed E-state index contributed by atoms with van der Waals surface area (Å²) in [5, 5.41) is 3.32. The van der Waals surface area contributed by atoms with Crippen molar-refractivity contribution in [3.05, 3.63) is 43.5 Å². The minimum absolute atomic E-state index is 0.0623. The van der Waals surface area contributed by atoms with E-state index in [0.29, 0.717) is 6.61 Å². The van der Waals surface area contributed by atoms with Gasteiger partial charge in [0.15, 0.2) is 17.6 Å². The fraction of sp³-hybridized carbons (Fsp3) is 0.286. The Bertz CT molecular complexity index is 617. The lowest BCUT2D eigenvalue weighted by molar-refractivity contribution is 0.0638. The number of likely N-dealkylation sites (N-methyl/N-ethyl adjacent to an activating group) is 1. The van der Waals surface area contributed by atoms with Crippen molar-refractivity contribution in [2.45, 2.75) is 12.1 Å². The third-order valence-corrected chi connectivity index (χ3v) is 5.62. The average Bonchev–Trinajstić information content (AvgIpc) is 2.78. The van der Waals surface area contributed by atoms with Gasteiger partial charge in [-0.15, -0.1) is 11.3 Å². The van der Waals surface area contributed by atoms with E-state index in [-0.39, 0.29) is 12.1 Å². The van der Waals surface area contributed by atoms with Crippen LogP contribution in [0.2, 0.25) is 0 Å². The summed E-state index contributed by atoms with van der Waals surface area (Å²) in [5.74, 6) is 1.61. The smallest absolute Gasteiger partial charge is 0.161 e. The number of rotatable bonds is 3. The molecule has 1 aromatic heterocycles. The highest BCUT2D eigenvalue weighted by Gasteiger charge is 2.31. The van der Waals surface area contributed by atoms with Crippen LogP contribution in [-0.2, 0) is 0 Å². The van der Waals surface area contributed by atoms with Crippen molar-refractivity contribution in [1.82, 2.24) is 5.32 Å². The normalized spacial score (nSPS) is 18.9. The Kier molecular flexibility index (Phi) is 4.35. The number of hydrogen-bond donors (Lipinski definition) is 1. The maximum absolute atomic E-state index is 6.08. The highest BCUT2D eigenvalue weighted by atomic mass is 79.9. The first-order valence-electron chi connectivity index (χ1n) is 6.19. The zero-order chi connectivity index (χ0) is 14.1. The molecule has 0 aliphatic carbocycles. The fourth-order valence-electron chi connectivity index (χ4n) is 2.31. The minimum Gasteiger partial charge on any atom is -0.486 e. The van der Waals surface area contributed by atoms with Gasteiger partial charge in [0.25, 0.3) is 0 Å². The van der Waals surface area contributed by atoms with Crippen molar-refractivity contribution < 1.29 is 9.47 Å². The molecule has 1 aromatic carbocycles. The van der Waals surface area contributed by atoms with E-state index in [1.165, 1.54) is 5.56 Å². The van der Waals surface area contributed by atoms with Crippen LogP contribution in [0, 0.1) is 0 Å². The number of hydrogen-bond acceptors (Lipinski definition) is 4. The summed E-state index contributed by atoms with van der Waals surface area (Å²) in [6.45, 7) is 0.530. The van der Waals surface area contributed by atoms with E-state index >= 15 is 0 Å². The molecule has 3 nitrogen and oxygen atoms in total. The monoisotopic (exact) mass is 417 g/mol. The van der Waals surface area contributed by atoms with Crippen LogP contribution in [0.25, 0.3) is 0 Å². The first-order chi connectivity index (χ1) is 9.69. The maximum Gasteiger partial charge on any atom is 0.161 e. The van der Waals surface area contributed by atoms with Gasteiger partial charge in [-0.25, -0.2) is 0 Å². The molecule has 0 amide bonds. The molecular weight excluding hydrogens is 406 g/mol. The van der Waals surface area contributed by atoms with Crippen LogP contribution in [0.1, 0.15) is 11.6 Å². The largest absolute Gasteiger partial charge is 0.486 e. The van der Waals surface area contributed by atoms with E-state index in [2.05, 4.69) is 43.2 Å². The summed E-state index contributed by atoms with van der Waals surface area (Å²) in [5.41, 5.74) is 1.18. The third kappa shape index (κ3) is 2.74. The number of thiophene rings is 1. The molecule has 0 saturated heterocycles. The standard InChI is InChI=1S/C14H13Br2NO2S/c1-17-13(8-6-12(15)20-14(8)16)11-7-18-9-4-2-3-5-10(9)19-11/h2-6,11,13,17H,7H2,1H3. The van der Waals surface area contributed by atoms with Crippen LogP contribution in [0.3, 0.4) is 0 Å². The quantitative estimate of drug-likeness (QED) is 0.802. The molecule has 1 aliphatic heterocycles. The number of fused-ring (bicyclic) bond motifs is 1. The van der Waals surface area contributed by atoms with Gasteiger partial charge < -0.3 is 14.8 Å². The van der Waals surface area contributed by atoms with Gasteiger partial charge in [0, 0.05) is 0 Å². The molecule has 0 radical (unpaired) electrons. The maximum atomic E-state index is 6.08. The van der Waals surface area contributed by atoms with Crippen molar-refractivity contribution in [3.8, 4) is 11.5 Å². The zero-order valence-electron chi connectivity index (χ0n) is 10.7. The first kappa shape index (κ1) is 14.4. The molecule has 2 unspecified atom stereocenters.